The van der Waals surface area contributed by atoms with Gasteiger partial charge >= 0.3 is 12.1 Å². The molecule has 37 heavy (non-hydrogen) atoms. The second-order valence-electron chi connectivity index (χ2n) is 11.2. The number of aliphatic hydroxyl groups is 1. The van der Waals surface area contributed by atoms with Crippen molar-refractivity contribution in [1.29, 1.82) is 0 Å². The zero-order valence-corrected chi connectivity index (χ0v) is 22.8. The van der Waals surface area contributed by atoms with Crippen molar-refractivity contribution >= 4 is 35.3 Å². The number of rotatable bonds is 7. The van der Waals surface area contributed by atoms with Gasteiger partial charge in [0.15, 0.2) is 18.0 Å². The molecule has 3 fully saturated rings. The van der Waals surface area contributed by atoms with Gasteiger partial charge < -0.3 is 19.3 Å². The number of Topliss-reactive ketones (excluding diaryl/α,β-unsaturated/α-hetero) is 1. The molecule has 204 valence electrons. The van der Waals surface area contributed by atoms with E-state index in [1.807, 2.05) is 26.8 Å². The second kappa shape index (κ2) is 9.84. The fraction of sp³-hybridized carbons (Fsp3) is 0.714. The quantitative estimate of drug-likeness (QED) is 0.374. The van der Waals surface area contributed by atoms with Crippen LogP contribution in [-0.2, 0) is 28.6 Å². The Morgan fingerprint density at radius 2 is 1.86 bits per heavy atom. The third-order valence-electron chi connectivity index (χ3n) is 9.55. The number of ketones is 2. The van der Waals surface area contributed by atoms with E-state index in [-0.39, 0.29) is 43.5 Å². The number of ether oxygens (including phenoxy) is 3. The van der Waals surface area contributed by atoms with Gasteiger partial charge in [-0.25, -0.2) is 4.79 Å². The molecule has 0 aromatic carbocycles. The second-order valence-corrected chi connectivity index (χ2v) is 11.9. The third-order valence-corrected chi connectivity index (χ3v) is 10.5. The molecule has 8 nitrogen and oxygen atoms in total. The highest BCUT2D eigenvalue weighted by Gasteiger charge is 2.74. The summed E-state index contributed by atoms with van der Waals surface area (Å²) in [6.07, 6.45) is 5.77. The smallest absolute Gasteiger partial charge is 0.457 e. The number of halogens is 1. The first-order chi connectivity index (χ1) is 17.4. The van der Waals surface area contributed by atoms with Crippen LogP contribution < -0.4 is 0 Å². The Morgan fingerprint density at radius 1 is 1.14 bits per heavy atom. The normalized spacial score (nSPS) is 40.1. The summed E-state index contributed by atoms with van der Waals surface area (Å²) in [4.78, 5) is 49.4. The first kappa shape index (κ1) is 27.8. The SMILES string of the molecule is CCCC(=O)OCC(=O)[C@@]1(OC(=O)OCC)CC[C@H]2[C@@H]3CCC4=CC(=O)C=C[C@]4(C)[C@@]3(Cl)C(O)C[C@@]21C. The van der Waals surface area contributed by atoms with Crippen LogP contribution >= 0.6 is 11.6 Å². The first-order valence-electron chi connectivity index (χ1n) is 13.3. The zero-order chi connectivity index (χ0) is 27.2. The Labute approximate surface area is 222 Å². The number of carbonyl (C=O) groups is 4. The predicted molar refractivity (Wildman–Crippen MR) is 135 cm³/mol. The number of fused-ring (bicyclic) bond motifs is 5. The molecule has 3 saturated carbocycles. The molecular weight excluding hydrogens is 500 g/mol. The molecule has 4 rings (SSSR count). The van der Waals surface area contributed by atoms with E-state index >= 15 is 0 Å². The maximum Gasteiger partial charge on any atom is 0.509 e. The van der Waals surface area contributed by atoms with Gasteiger partial charge in [0.25, 0.3) is 0 Å². The van der Waals surface area contributed by atoms with Gasteiger partial charge in [-0.3, -0.25) is 14.4 Å². The van der Waals surface area contributed by atoms with E-state index in [0.717, 1.165) is 5.57 Å². The Bertz CT molecular complexity index is 1050. The monoisotopic (exact) mass is 536 g/mol. The maximum absolute atomic E-state index is 13.8. The van der Waals surface area contributed by atoms with Gasteiger partial charge in [-0.05, 0) is 69.4 Å². The summed E-state index contributed by atoms with van der Waals surface area (Å²) in [5.74, 6) is -1.49. The molecule has 0 saturated heterocycles. The number of carbonyl (C=O) groups excluding carboxylic acids is 4. The molecule has 1 unspecified atom stereocenters. The number of allylic oxidation sites excluding steroid dienone is 4. The highest BCUT2D eigenvalue weighted by molar-refractivity contribution is 6.26. The molecule has 0 radical (unpaired) electrons. The average Bonchev–Trinajstić information content (AvgIpc) is 3.11. The molecule has 1 N–H and O–H groups in total. The fourth-order valence-corrected chi connectivity index (χ4v) is 8.23. The number of aliphatic hydroxyl groups excluding tert-OH is 1. The van der Waals surface area contributed by atoms with Crippen molar-refractivity contribution in [2.45, 2.75) is 89.2 Å². The predicted octanol–water partition coefficient (Wildman–Crippen LogP) is 4.45. The highest BCUT2D eigenvalue weighted by atomic mass is 35.5. The Kier molecular flexibility index (Phi) is 7.40. The number of alkyl halides is 1. The number of hydrogen-bond donors (Lipinski definition) is 1. The zero-order valence-electron chi connectivity index (χ0n) is 22.0. The van der Waals surface area contributed by atoms with Gasteiger partial charge in [-0.1, -0.05) is 32.4 Å². The van der Waals surface area contributed by atoms with Gasteiger partial charge in [0.1, 0.15) is 0 Å². The van der Waals surface area contributed by atoms with Crippen molar-refractivity contribution < 1.29 is 38.5 Å². The molecule has 0 aromatic heterocycles. The molecule has 9 heteroatoms. The Morgan fingerprint density at radius 3 is 2.54 bits per heavy atom. The van der Waals surface area contributed by atoms with Crippen molar-refractivity contribution in [3.05, 3.63) is 23.8 Å². The summed E-state index contributed by atoms with van der Waals surface area (Å²) < 4.78 is 16.1. The van der Waals surface area contributed by atoms with Crippen molar-refractivity contribution in [3.8, 4) is 0 Å². The summed E-state index contributed by atoms with van der Waals surface area (Å²) in [6, 6.07) is 0. The minimum Gasteiger partial charge on any atom is -0.457 e. The molecule has 0 aliphatic heterocycles. The van der Waals surface area contributed by atoms with E-state index in [1.54, 1.807) is 13.0 Å². The van der Waals surface area contributed by atoms with Crippen LogP contribution in [0, 0.1) is 22.7 Å². The lowest BCUT2D eigenvalue weighted by Crippen LogP contribution is -2.69. The molecule has 0 amide bonds. The van der Waals surface area contributed by atoms with Gasteiger partial charge in [0.05, 0.1) is 17.6 Å². The van der Waals surface area contributed by atoms with Gasteiger partial charge in [0.2, 0.25) is 5.78 Å². The van der Waals surface area contributed by atoms with E-state index in [1.165, 1.54) is 6.08 Å². The molecule has 4 aliphatic carbocycles. The van der Waals surface area contributed by atoms with E-state index < -0.39 is 51.9 Å². The largest absolute Gasteiger partial charge is 0.509 e. The molecular formula is C28H37ClO8. The van der Waals surface area contributed by atoms with Crippen LogP contribution in [0.3, 0.4) is 0 Å². The lowest BCUT2D eigenvalue weighted by atomic mass is 9.45. The number of hydrogen-bond acceptors (Lipinski definition) is 8. The summed E-state index contributed by atoms with van der Waals surface area (Å²) in [5, 5.41) is 11.7. The van der Waals surface area contributed by atoms with Crippen LogP contribution in [0.15, 0.2) is 23.8 Å². The summed E-state index contributed by atoms with van der Waals surface area (Å²) in [6.45, 7) is 6.85. The molecule has 4 aliphatic rings. The van der Waals surface area contributed by atoms with Crippen LogP contribution in [0.2, 0.25) is 0 Å². The van der Waals surface area contributed by atoms with Crippen molar-refractivity contribution in [2.24, 2.45) is 22.7 Å². The molecule has 0 bridgehead atoms. The van der Waals surface area contributed by atoms with E-state index in [2.05, 4.69) is 0 Å². The molecule has 0 heterocycles. The molecule has 0 spiro atoms. The average molecular weight is 537 g/mol. The lowest BCUT2D eigenvalue weighted by molar-refractivity contribution is -0.182. The van der Waals surface area contributed by atoms with Crippen LogP contribution in [0.5, 0.6) is 0 Å². The summed E-state index contributed by atoms with van der Waals surface area (Å²) >= 11 is 7.44. The third kappa shape index (κ3) is 4.06. The van der Waals surface area contributed by atoms with Crippen LogP contribution in [0.25, 0.3) is 0 Å². The van der Waals surface area contributed by atoms with E-state index in [0.29, 0.717) is 25.7 Å². The minimum absolute atomic E-state index is 0.0727. The fourth-order valence-electron chi connectivity index (χ4n) is 7.71. The summed E-state index contributed by atoms with van der Waals surface area (Å²) in [5.41, 5.74) is -2.44. The van der Waals surface area contributed by atoms with E-state index in [9.17, 15) is 24.3 Å². The van der Waals surface area contributed by atoms with Crippen LogP contribution in [-0.4, -0.2) is 58.6 Å². The van der Waals surface area contributed by atoms with Gasteiger partial charge in [-0.15, -0.1) is 11.6 Å². The van der Waals surface area contributed by atoms with Crippen LogP contribution in [0.4, 0.5) is 4.79 Å². The Hall–Kier alpha value is -2.19. The van der Waals surface area contributed by atoms with Crippen molar-refractivity contribution in [3.63, 3.8) is 0 Å². The Balaban J connectivity index is 1.73. The van der Waals surface area contributed by atoms with E-state index in [4.69, 9.17) is 25.8 Å². The highest BCUT2D eigenvalue weighted by Crippen LogP contribution is 2.71. The topological polar surface area (TPSA) is 116 Å². The van der Waals surface area contributed by atoms with Crippen molar-refractivity contribution in [1.82, 2.24) is 0 Å². The minimum atomic E-state index is -1.63. The first-order valence-corrected chi connectivity index (χ1v) is 13.6. The summed E-state index contributed by atoms with van der Waals surface area (Å²) in [7, 11) is 0. The standard InChI is InChI=1S/C28H37ClO8/c1-5-7-23(33)36-16-22(32)27(37-24(34)35-6-2)13-11-19-20-9-8-17-14-18(30)10-12-25(17,3)28(20,29)21(31)15-26(19,27)4/h10,12,14,19-21,31H,5-9,11,13,15-16H2,1-4H3/t19-,20-,21?,25-,26-,27-,28-/m0/s1. The maximum atomic E-state index is 13.8. The lowest BCUT2D eigenvalue weighted by Gasteiger charge is -2.63. The molecule has 7 atom stereocenters. The number of esters is 1. The van der Waals surface area contributed by atoms with Crippen molar-refractivity contribution in [2.75, 3.05) is 13.2 Å². The van der Waals surface area contributed by atoms with Crippen LogP contribution in [0.1, 0.15) is 72.6 Å². The molecule has 0 aromatic rings. The van der Waals surface area contributed by atoms with Gasteiger partial charge in [0, 0.05) is 17.3 Å². The van der Waals surface area contributed by atoms with Gasteiger partial charge in [-0.2, -0.15) is 0 Å².